The van der Waals surface area contributed by atoms with Crippen LogP contribution in [0.4, 0.5) is 5.69 Å². The molecular weight excluding hydrogens is 240 g/mol. The van der Waals surface area contributed by atoms with Crippen molar-refractivity contribution in [2.75, 3.05) is 31.6 Å². The summed E-state index contributed by atoms with van der Waals surface area (Å²) in [5, 5.41) is 9.02. The lowest BCUT2D eigenvalue weighted by Gasteiger charge is -2.29. The Morgan fingerprint density at radius 2 is 2.00 bits per heavy atom. The molecule has 2 rings (SSSR count). The van der Waals surface area contributed by atoms with E-state index >= 15 is 0 Å². The van der Waals surface area contributed by atoms with Crippen LogP contribution >= 0.6 is 0 Å². The quantitative estimate of drug-likeness (QED) is 0.904. The number of anilines is 1. The maximum Gasteiger partial charge on any atom is 0.305 e. The monoisotopic (exact) mass is 262 g/mol. The predicted octanol–water partition coefficient (Wildman–Crippen LogP) is 1.98. The first-order valence-electron chi connectivity index (χ1n) is 6.80. The number of benzene rings is 1. The van der Waals surface area contributed by atoms with Gasteiger partial charge in [0.25, 0.3) is 0 Å². The molecule has 1 heterocycles. The standard InChI is InChI=1S/C15H22N2O2/c1-12-4-6-13(7-5-12)17-9-3-8-16(2)14(11-17)10-15(18)19/h4-7,14H,3,8-11H2,1-2H3,(H,18,19). The minimum absolute atomic E-state index is 0.0845. The van der Waals surface area contributed by atoms with Crippen LogP contribution in [0.5, 0.6) is 0 Å². The summed E-state index contributed by atoms with van der Waals surface area (Å²) in [6.45, 7) is 4.81. The zero-order chi connectivity index (χ0) is 13.8. The Labute approximate surface area is 114 Å². The van der Waals surface area contributed by atoms with Gasteiger partial charge in [-0.25, -0.2) is 0 Å². The van der Waals surface area contributed by atoms with E-state index in [9.17, 15) is 4.79 Å². The van der Waals surface area contributed by atoms with Gasteiger partial charge in [-0.2, -0.15) is 0 Å². The number of hydrogen-bond acceptors (Lipinski definition) is 3. The van der Waals surface area contributed by atoms with Crippen LogP contribution in [-0.4, -0.2) is 48.7 Å². The Kier molecular flexibility index (Phi) is 4.43. The van der Waals surface area contributed by atoms with Crippen molar-refractivity contribution in [3.8, 4) is 0 Å². The summed E-state index contributed by atoms with van der Waals surface area (Å²) in [6, 6.07) is 8.55. The zero-order valence-electron chi connectivity index (χ0n) is 11.7. The van der Waals surface area contributed by atoms with Crippen molar-refractivity contribution in [1.82, 2.24) is 4.90 Å². The van der Waals surface area contributed by atoms with Crippen LogP contribution in [0, 0.1) is 6.92 Å². The summed E-state index contributed by atoms with van der Waals surface area (Å²) in [7, 11) is 2.02. The third-order valence-corrected chi connectivity index (χ3v) is 3.80. The van der Waals surface area contributed by atoms with Gasteiger partial charge in [0.1, 0.15) is 0 Å². The van der Waals surface area contributed by atoms with Gasteiger partial charge < -0.3 is 14.9 Å². The summed E-state index contributed by atoms with van der Waals surface area (Å²) in [5.41, 5.74) is 2.44. The molecule has 4 nitrogen and oxygen atoms in total. The first kappa shape index (κ1) is 13.9. The van der Waals surface area contributed by atoms with Gasteiger partial charge in [-0.3, -0.25) is 4.79 Å². The molecule has 0 aliphatic carbocycles. The number of carbonyl (C=O) groups is 1. The van der Waals surface area contributed by atoms with Gasteiger partial charge in [-0.05, 0) is 39.1 Å². The van der Waals surface area contributed by atoms with Crippen LogP contribution in [0.15, 0.2) is 24.3 Å². The Balaban J connectivity index is 2.12. The highest BCUT2D eigenvalue weighted by atomic mass is 16.4. The number of carboxylic acid groups (broad SMARTS) is 1. The molecule has 0 amide bonds. The van der Waals surface area contributed by atoms with Crippen LogP contribution in [0.25, 0.3) is 0 Å². The summed E-state index contributed by atoms with van der Waals surface area (Å²) in [4.78, 5) is 15.4. The van der Waals surface area contributed by atoms with E-state index in [-0.39, 0.29) is 12.5 Å². The molecule has 1 aromatic carbocycles. The van der Waals surface area contributed by atoms with Crippen molar-refractivity contribution >= 4 is 11.7 Å². The number of nitrogens with zero attached hydrogens (tertiary/aromatic N) is 2. The Hall–Kier alpha value is -1.55. The molecular formula is C15H22N2O2. The maximum absolute atomic E-state index is 11.0. The normalized spacial score (nSPS) is 21.2. The van der Waals surface area contributed by atoms with Gasteiger partial charge in [-0.15, -0.1) is 0 Å². The van der Waals surface area contributed by atoms with E-state index < -0.39 is 5.97 Å². The van der Waals surface area contributed by atoms with Crippen LogP contribution in [0.1, 0.15) is 18.4 Å². The molecule has 104 valence electrons. The van der Waals surface area contributed by atoms with E-state index in [4.69, 9.17) is 5.11 Å². The number of carboxylic acids is 1. The fourth-order valence-electron chi connectivity index (χ4n) is 2.59. The van der Waals surface area contributed by atoms with Crippen LogP contribution in [-0.2, 0) is 4.79 Å². The molecule has 1 N–H and O–H groups in total. The molecule has 1 aliphatic rings. The molecule has 1 aromatic rings. The van der Waals surface area contributed by atoms with E-state index in [2.05, 4.69) is 41.0 Å². The van der Waals surface area contributed by atoms with Crippen molar-refractivity contribution in [2.24, 2.45) is 0 Å². The molecule has 0 radical (unpaired) electrons. The second-order valence-corrected chi connectivity index (χ2v) is 5.37. The summed E-state index contributed by atoms with van der Waals surface area (Å²) in [6.07, 6.45) is 1.28. The van der Waals surface area contributed by atoms with E-state index in [1.807, 2.05) is 7.05 Å². The summed E-state index contributed by atoms with van der Waals surface area (Å²) in [5.74, 6) is -0.720. The molecule has 0 saturated carbocycles. The molecule has 4 heteroatoms. The van der Waals surface area contributed by atoms with Crippen molar-refractivity contribution in [3.63, 3.8) is 0 Å². The molecule has 0 aromatic heterocycles. The fourth-order valence-corrected chi connectivity index (χ4v) is 2.59. The highest BCUT2D eigenvalue weighted by Crippen LogP contribution is 2.20. The second kappa shape index (κ2) is 6.06. The maximum atomic E-state index is 11.0. The average molecular weight is 262 g/mol. The van der Waals surface area contributed by atoms with E-state index in [1.165, 1.54) is 11.3 Å². The van der Waals surface area contributed by atoms with Gasteiger partial charge in [-0.1, -0.05) is 17.7 Å². The van der Waals surface area contributed by atoms with Gasteiger partial charge in [0.15, 0.2) is 0 Å². The van der Waals surface area contributed by atoms with E-state index in [1.54, 1.807) is 0 Å². The molecule has 0 bridgehead atoms. The second-order valence-electron chi connectivity index (χ2n) is 5.37. The lowest BCUT2D eigenvalue weighted by molar-refractivity contribution is -0.138. The smallest absolute Gasteiger partial charge is 0.305 e. The van der Waals surface area contributed by atoms with Gasteiger partial charge in [0, 0.05) is 24.8 Å². The zero-order valence-corrected chi connectivity index (χ0v) is 11.7. The van der Waals surface area contributed by atoms with E-state index in [0.717, 1.165) is 26.1 Å². The molecule has 1 fully saturated rings. The summed E-state index contributed by atoms with van der Waals surface area (Å²) >= 11 is 0. The minimum Gasteiger partial charge on any atom is -0.481 e. The van der Waals surface area contributed by atoms with Crippen molar-refractivity contribution < 1.29 is 9.90 Å². The van der Waals surface area contributed by atoms with Crippen LogP contribution in [0.3, 0.4) is 0 Å². The Morgan fingerprint density at radius 3 is 2.63 bits per heavy atom. The van der Waals surface area contributed by atoms with Crippen molar-refractivity contribution in [1.29, 1.82) is 0 Å². The number of likely N-dealkylation sites (N-methyl/N-ethyl adjacent to an activating group) is 1. The summed E-state index contributed by atoms with van der Waals surface area (Å²) < 4.78 is 0. The number of aryl methyl sites for hydroxylation is 1. The molecule has 1 atom stereocenters. The predicted molar refractivity (Wildman–Crippen MR) is 76.7 cm³/mol. The Bertz CT molecular complexity index is 430. The van der Waals surface area contributed by atoms with Crippen molar-refractivity contribution in [2.45, 2.75) is 25.8 Å². The third-order valence-electron chi connectivity index (χ3n) is 3.80. The largest absolute Gasteiger partial charge is 0.481 e. The molecule has 19 heavy (non-hydrogen) atoms. The first-order chi connectivity index (χ1) is 9.06. The third kappa shape index (κ3) is 3.70. The highest BCUT2D eigenvalue weighted by Gasteiger charge is 2.24. The lowest BCUT2D eigenvalue weighted by atomic mass is 10.1. The SMILES string of the molecule is Cc1ccc(N2CCCN(C)C(CC(=O)O)C2)cc1. The molecule has 0 spiro atoms. The van der Waals surface area contributed by atoms with E-state index in [0.29, 0.717) is 0 Å². The fraction of sp³-hybridized carbons (Fsp3) is 0.533. The number of rotatable bonds is 3. The number of aliphatic carboxylic acids is 1. The van der Waals surface area contributed by atoms with Crippen molar-refractivity contribution in [3.05, 3.63) is 29.8 Å². The number of hydrogen-bond donors (Lipinski definition) is 1. The first-order valence-corrected chi connectivity index (χ1v) is 6.80. The van der Waals surface area contributed by atoms with Gasteiger partial charge in [0.05, 0.1) is 6.42 Å². The van der Waals surface area contributed by atoms with Gasteiger partial charge >= 0.3 is 5.97 Å². The van der Waals surface area contributed by atoms with Gasteiger partial charge in [0.2, 0.25) is 0 Å². The Morgan fingerprint density at radius 1 is 1.32 bits per heavy atom. The molecule has 1 aliphatic heterocycles. The highest BCUT2D eigenvalue weighted by molar-refractivity contribution is 5.67. The van der Waals surface area contributed by atoms with Crippen LogP contribution < -0.4 is 4.90 Å². The molecule has 1 unspecified atom stereocenters. The lowest BCUT2D eigenvalue weighted by Crippen LogP contribution is -2.40. The minimum atomic E-state index is -0.720. The topological polar surface area (TPSA) is 43.8 Å². The average Bonchev–Trinajstić information content (AvgIpc) is 2.53. The molecule has 1 saturated heterocycles. The van der Waals surface area contributed by atoms with Crippen LogP contribution in [0.2, 0.25) is 0 Å².